The van der Waals surface area contributed by atoms with Crippen molar-refractivity contribution in [3.8, 4) is 5.88 Å². The molecule has 1 aromatic heterocycles. The van der Waals surface area contributed by atoms with Crippen LogP contribution in [-0.4, -0.2) is 24.1 Å². The zero-order chi connectivity index (χ0) is 9.90. The summed E-state index contributed by atoms with van der Waals surface area (Å²) in [6.45, 7) is 4.05. The summed E-state index contributed by atoms with van der Waals surface area (Å²) in [5.74, 6) is 0.571. The van der Waals surface area contributed by atoms with Gasteiger partial charge in [-0.05, 0) is 20.9 Å². The molecule has 1 N–H and O–H groups in total. The molecular formula is C9H15N3O. The Bertz CT molecular complexity index is 286. The normalized spacial score (nSPS) is 11.4. The van der Waals surface area contributed by atoms with Gasteiger partial charge in [0.1, 0.15) is 5.69 Å². The average Bonchev–Trinajstić information content (AvgIpc) is 2.18. The van der Waals surface area contributed by atoms with Crippen LogP contribution in [0.5, 0.6) is 5.88 Å². The van der Waals surface area contributed by atoms with Gasteiger partial charge in [0.15, 0.2) is 0 Å². The van der Waals surface area contributed by atoms with Crippen molar-refractivity contribution in [3.63, 3.8) is 0 Å². The number of methoxy groups -OCH3 is 1. The van der Waals surface area contributed by atoms with Crippen LogP contribution < -0.4 is 10.1 Å². The Balaban J connectivity index is 3.12. The van der Waals surface area contributed by atoms with Crippen LogP contribution in [0.1, 0.15) is 19.5 Å². The van der Waals surface area contributed by atoms with Gasteiger partial charge in [-0.15, -0.1) is 0 Å². The summed E-state index contributed by atoms with van der Waals surface area (Å²) in [5.41, 5.74) is 0.597. The Morgan fingerprint density at radius 3 is 2.46 bits per heavy atom. The first kappa shape index (κ1) is 9.92. The molecule has 4 nitrogen and oxygen atoms in total. The monoisotopic (exact) mass is 181 g/mol. The first-order chi connectivity index (χ1) is 6.11. The minimum atomic E-state index is -0.223. The van der Waals surface area contributed by atoms with E-state index in [4.69, 9.17) is 4.74 Å². The van der Waals surface area contributed by atoms with Crippen LogP contribution in [0, 0.1) is 0 Å². The van der Waals surface area contributed by atoms with E-state index >= 15 is 0 Å². The third-order valence-electron chi connectivity index (χ3n) is 2.08. The largest absolute Gasteiger partial charge is 0.480 e. The van der Waals surface area contributed by atoms with E-state index in [1.165, 1.54) is 0 Å². The van der Waals surface area contributed by atoms with Crippen LogP contribution in [0.15, 0.2) is 12.4 Å². The maximum Gasteiger partial charge on any atom is 0.237 e. The molecule has 0 bridgehead atoms. The smallest absolute Gasteiger partial charge is 0.237 e. The van der Waals surface area contributed by atoms with Crippen molar-refractivity contribution in [2.45, 2.75) is 19.4 Å². The van der Waals surface area contributed by atoms with Crippen LogP contribution in [-0.2, 0) is 5.54 Å². The molecule has 0 saturated heterocycles. The van der Waals surface area contributed by atoms with Gasteiger partial charge < -0.3 is 10.1 Å². The third kappa shape index (κ3) is 1.95. The lowest BCUT2D eigenvalue weighted by Crippen LogP contribution is -2.34. The fourth-order valence-electron chi connectivity index (χ4n) is 1.02. The fourth-order valence-corrected chi connectivity index (χ4v) is 1.02. The molecule has 0 aromatic carbocycles. The van der Waals surface area contributed by atoms with E-state index in [1.54, 1.807) is 19.5 Å². The van der Waals surface area contributed by atoms with E-state index in [1.807, 2.05) is 20.9 Å². The molecule has 4 heteroatoms. The second-order valence-corrected chi connectivity index (χ2v) is 3.29. The first-order valence-electron chi connectivity index (χ1n) is 4.16. The molecule has 13 heavy (non-hydrogen) atoms. The minimum absolute atomic E-state index is 0.223. The minimum Gasteiger partial charge on any atom is -0.480 e. The van der Waals surface area contributed by atoms with Gasteiger partial charge in [-0.25, -0.2) is 4.98 Å². The van der Waals surface area contributed by atoms with Crippen molar-refractivity contribution in [1.82, 2.24) is 15.3 Å². The quantitative estimate of drug-likeness (QED) is 0.754. The summed E-state index contributed by atoms with van der Waals surface area (Å²) in [4.78, 5) is 8.33. The summed E-state index contributed by atoms with van der Waals surface area (Å²) >= 11 is 0. The summed E-state index contributed by atoms with van der Waals surface area (Å²) in [6, 6.07) is 0. The molecule has 1 aromatic rings. The van der Waals surface area contributed by atoms with Gasteiger partial charge >= 0.3 is 0 Å². The highest BCUT2D eigenvalue weighted by molar-refractivity contribution is 5.24. The van der Waals surface area contributed by atoms with Gasteiger partial charge in [-0.1, -0.05) is 0 Å². The molecule has 1 rings (SSSR count). The molecule has 0 amide bonds. The zero-order valence-corrected chi connectivity index (χ0v) is 8.46. The van der Waals surface area contributed by atoms with Crippen LogP contribution in [0.3, 0.4) is 0 Å². The van der Waals surface area contributed by atoms with E-state index in [-0.39, 0.29) is 5.54 Å². The lowest BCUT2D eigenvalue weighted by Gasteiger charge is -2.24. The van der Waals surface area contributed by atoms with Gasteiger partial charge in [0.2, 0.25) is 5.88 Å². The molecule has 0 aliphatic rings. The van der Waals surface area contributed by atoms with Gasteiger partial charge in [-0.3, -0.25) is 4.98 Å². The van der Waals surface area contributed by atoms with Gasteiger partial charge in [0.05, 0.1) is 12.6 Å². The molecule has 0 radical (unpaired) electrons. The molecule has 0 atom stereocenters. The Kier molecular flexibility index (Phi) is 2.83. The topological polar surface area (TPSA) is 47.0 Å². The second-order valence-electron chi connectivity index (χ2n) is 3.29. The molecule has 0 aliphatic carbocycles. The SMILES string of the molecule is CNC(C)(C)c1nccnc1OC. The average molecular weight is 181 g/mol. The predicted octanol–water partition coefficient (Wildman–Crippen LogP) is 0.940. The predicted molar refractivity (Wildman–Crippen MR) is 50.7 cm³/mol. The van der Waals surface area contributed by atoms with Crippen molar-refractivity contribution >= 4 is 0 Å². The molecule has 0 aliphatic heterocycles. The molecule has 0 saturated carbocycles. The number of aromatic nitrogens is 2. The number of nitrogens with zero attached hydrogens (tertiary/aromatic N) is 2. The van der Waals surface area contributed by atoms with E-state index in [2.05, 4.69) is 15.3 Å². The van der Waals surface area contributed by atoms with Crippen molar-refractivity contribution < 1.29 is 4.74 Å². The summed E-state index contributed by atoms with van der Waals surface area (Å²) < 4.78 is 5.12. The van der Waals surface area contributed by atoms with Crippen molar-refractivity contribution in [3.05, 3.63) is 18.1 Å². The molecule has 72 valence electrons. The van der Waals surface area contributed by atoms with E-state index < -0.39 is 0 Å². The standard InChI is InChI=1S/C9H15N3O/c1-9(2,10-3)7-8(13-4)12-6-5-11-7/h5-6,10H,1-4H3. The summed E-state index contributed by atoms with van der Waals surface area (Å²) in [5, 5.41) is 3.15. The van der Waals surface area contributed by atoms with Crippen molar-refractivity contribution in [1.29, 1.82) is 0 Å². The number of rotatable bonds is 3. The number of ether oxygens (including phenoxy) is 1. The molecular weight excluding hydrogens is 166 g/mol. The first-order valence-corrected chi connectivity index (χ1v) is 4.16. The van der Waals surface area contributed by atoms with Crippen LogP contribution >= 0.6 is 0 Å². The number of hydrogen-bond donors (Lipinski definition) is 1. The maximum absolute atomic E-state index is 5.12. The highest BCUT2D eigenvalue weighted by atomic mass is 16.5. The number of nitrogens with one attached hydrogen (secondary N) is 1. The van der Waals surface area contributed by atoms with Crippen molar-refractivity contribution in [2.24, 2.45) is 0 Å². The van der Waals surface area contributed by atoms with Crippen LogP contribution in [0.4, 0.5) is 0 Å². The second kappa shape index (κ2) is 3.70. The van der Waals surface area contributed by atoms with Crippen molar-refractivity contribution in [2.75, 3.05) is 14.2 Å². The van der Waals surface area contributed by atoms with E-state index in [0.29, 0.717) is 5.88 Å². The zero-order valence-electron chi connectivity index (χ0n) is 8.46. The summed E-state index contributed by atoms with van der Waals surface area (Å²) in [6.07, 6.45) is 3.28. The molecule has 0 unspecified atom stereocenters. The highest BCUT2D eigenvalue weighted by Crippen LogP contribution is 2.24. The van der Waals surface area contributed by atoms with E-state index in [0.717, 1.165) is 5.69 Å². The fraction of sp³-hybridized carbons (Fsp3) is 0.556. The lowest BCUT2D eigenvalue weighted by atomic mass is 10.0. The Labute approximate surface area is 78.4 Å². The molecule has 0 fully saturated rings. The van der Waals surface area contributed by atoms with Gasteiger partial charge in [0.25, 0.3) is 0 Å². The van der Waals surface area contributed by atoms with Gasteiger partial charge in [0, 0.05) is 12.4 Å². The Morgan fingerprint density at radius 2 is 1.92 bits per heavy atom. The Morgan fingerprint density at radius 1 is 1.31 bits per heavy atom. The maximum atomic E-state index is 5.12. The highest BCUT2D eigenvalue weighted by Gasteiger charge is 2.24. The van der Waals surface area contributed by atoms with Crippen LogP contribution in [0.2, 0.25) is 0 Å². The molecule has 1 heterocycles. The molecule has 0 spiro atoms. The summed E-state index contributed by atoms with van der Waals surface area (Å²) in [7, 11) is 3.48. The van der Waals surface area contributed by atoms with E-state index in [9.17, 15) is 0 Å². The van der Waals surface area contributed by atoms with Gasteiger partial charge in [-0.2, -0.15) is 0 Å². The van der Waals surface area contributed by atoms with Crippen LogP contribution in [0.25, 0.3) is 0 Å². The lowest BCUT2D eigenvalue weighted by molar-refractivity contribution is 0.352. The third-order valence-corrected chi connectivity index (χ3v) is 2.08. The number of hydrogen-bond acceptors (Lipinski definition) is 4. The Hall–Kier alpha value is -1.16.